The summed E-state index contributed by atoms with van der Waals surface area (Å²) >= 11 is 0. The molecular formula is C104H64N6. The minimum absolute atomic E-state index is 0.743. The molecule has 0 bridgehead atoms. The molecule has 0 aliphatic carbocycles. The summed E-state index contributed by atoms with van der Waals surface area (Å²) in [5, 5.41) is 26.9. The second kappa shape index (κ2) is 22.2. The summed E-state index contributed by atoms with van der Waals surface area (Å²) < 4.78 is 10.5. The SMILES string of the molecule is CCc1c(-c2cccc(-c3ccccc3)c2)nc2ccccc2c1-n1c2cc(-c3cccc4cc5c6c7c(cc8c9ccccc9n(c5cc34)c86)c3ccccc3n7-c3c(CC)c(-c4ccc5c(ccc6ccccc65)c4)nc4ccccc34)ccc2c2cc3c4ccccc4n4c5cc6ccccc6cc5c(c21)c34. The number of aromatic nitrogens is 6. The lowest BCUT2D eigenvalue weighted by Gasteiger charge is -2.20. The van der Waals surface area contributed by atoms with Gasteiger partial charge in [-0.15, -0.1) is 0 Å². The van der Waals surface area contributed by atoms with E-state index in [9.17, 15) is 0 Å². The number of pyridine rings is 2. The highest BCUT2D eigenvalue weighted by Gasteiger charge is 2.31. The fourth-order valence-corrected chi connectivity index (χ4v) is 20.2. The molecule has 0 N–H and O–H groups in total. The molecule has 0 saturated carbocycles. The van der Waals surface area contributed by atoms with Crippen molar-refractivity contribution in [2.45, 2.75) is 26.7 Å². The van der Waals surface area contributed by atoms with Gasteiger partial charge in [-0.2, -0.15) is 0 Å². The molecular weight excluding hydrogens is 1330 g/mol. The van der Waals surface area contributed by atoms with Crippen LogP contribution in [-0.4, -0.2) is 27.9 Å². The highest BCUT2D eigenvalue weighted by Crippen LogP contribution is 2.53. The van der Waals surface area contributed by atoms with E-state index in [4.69, 9.17) is 9.97 Å². The Morgan fingerprint density at radius 2 is 0.664 bits per heavy atom. The van der Waals surface area contributed by atoms with Gasteiger partial charge in [0.2, 0.25) is 0 Å². The van der Waals surface area contributed by atoms with E-state index in [1.54, 1.807) is 0 Å². The minimum atomic E-state index is 0.743. The highest BCUT2D eigenvalue weighted by atomic mass is 15.0. The van der Waals surface area contributed by atoms with Gasteiger partial charge in [0, 0.05) is 97.7 Å². The highest BCUT2D eigenvalue weighted by molar-refractivity contribution is 6.37. The van der Waals surface area contributed by atoms with Crippen molar-refractivity contribution in [1.82, 2.24) is 27.9 Å². The Hall–Kier alpha value is -14.2. The summed E-state index contributed by atoms with van der Waals surface area (Å²) in [6, 6.07) is 123. The summed E-state index contributed by atoms with van der Waals surface area (Å²) in [4.78, 5) is 11.4. The molecule has 25 rings (SSSR count). The van der Waals surface area contributed by atoms with E-state index >= 15 is 0 Å². The van der Waals surface area contributed by atoms with Crippen LogP contribution in [0.1, 0.15) is 25.0 Å². The molecule has 8 heterocycles. The lowest BCUT2D eigenvalue weighted by atomic mass is 9.94. The van der Waals surface area contributed by atoms with Crippen LogP contribution in [0.3, 0.4) is 0 Å². The van der Waals surface area contributed by atoms with Gasteiger partial charge in [0.05, 0.1) is 89.0 Å². The first-order valence-corrected chi connectivity index (χ1v) is 38.6. The van der Waals surface area contributed by atoms with E-state index in [0.29, 0.717) is 0 Å². The third-order valence-corrected chi connectivity index (χ3v) is 24.8. The Kier molecular flexibility index (Phi) is 12.1. The quantitative estimate of drug-likeness (QED) is 0.142. The molecule has 6 heteroatoms. The largest absolute Gasteiger partial charge is 0.308 e. The van der Waals surface area contributed by atoms with Crippen LogP contribution >= 0.6 is 0 Å². The molecule has 110 heavy (non-hydrogen) atoms. The van der Waals surface area contributed by atoms with Gasteiger partial charge < -0.3 is 17.9 Å². The maximum absolute atomic E-state index is 5.73. The molecule has 0 aliphatic rings. The summed E-state index contributed by atoms with van der Waals surface area (Å²) in [5.41, 5.74) is 27.6. The van der Waals surface area contributed by atoms with Gasteiger partial charge in [-0.05, 0) is 163 Å². The number of rotatable bonds is 8. The first-order chi connectivity index (χ1) is 54.5. The van der Waals surface area contributed by atoms with Crippen molar-refractivity contribution in [2.24, 2.45) is 0 Å². The van der Waals surface area contributed by atoms with Crippen molar-refractivity contribution >= 4 is 185 Å². The van der Waals surface area contributed by atoms with Gasteiger partial charge in [-0.3, -0.25) is 0 Å². The average Bonchev–Trinajstić information content (AvgIpc) is 1.51. The lowest BCUT2D eigenvalue weighted by Crippen LogP contribution is -2.05. The zero-order valence-electron chi connectivity index (χ0n) is 60.3. The maximum atomic E-state index is 5.73. The molecule has 0 saturated heterocycles. The Morgan fingerprint density at radius 1 is 0.227 bits per heavy atom. The molecule has 0 aliphatic heterocycles. The molecule has 17 aromatic carbocycles. The zero-order chi connectivity index (χ0) is 71.9. The van der Waals surface area contributed by atoms with Crippen molar-refractivity contribution in [3.05, 3.63) is 339 Å². The zero-order valence-corrected chi connectivity index (χ0v) is 60.3. The molecule has 0 unspecified atom stereocenters. The number of benzene rings is 17. The predicted molar refractivity (Wildman–Crippen MR) is 466 cm³/mol. The van der Waals surface area contributed by atoms with Crippen LogP contribution < -0.4 is 0 Å². The second-order valence-corrected chi connectivity index (χ2v) is 30.3. The predicted octanol–water partition coefficient (Wildman–Crippen LogP) is 27.7. The van der Waals surface area contributed by atoms with E-state index in [-0.39, 0.29) is 0 Å². The van der Waals surface area contributed by atoms with Crippen LogP contribution in [-0.2, 0) is 12.8 Å². The van der Waals surface area contributed by atoms with Crippen LogP contribution in [0.4, 0.5) is 0 Å². The Balaban J connectivity index is 0.780. The lowest BCUT2D eigenvalue weighted by molar-refractivity contribution is 1.06. The number of hydrogen-bond donors (Lipinski definition) is 0. The van der Waals surface area contributed by atoms with E-state index in [1.165, 1.54) is 185 Å². The standard InChI is InChI=1S/C104H64N6/c1-3-69-97(67-31-22-29-61(50-67)59-24-6-5-7-25-59)105-88-40-18-13-37-79(88)100(69)110-92-55-66(46-49-77(92)84-57-82-74-33-14-19-41-89(74)107-93-54-63-28-9-8-27-62(63)52-85(93)95(101(82)107)104(84)110)72-38-23-30-64-53-86-94(58-80(64)72)108-90-42-20-15-34-75(90)81-56-83-76-35-16-21-43-91(76)109(103(83)96(86)102(81)108)99-70(4-2)98(106-87-39-17-12-36-78(87)99)68-47-48-73-65(51-68)45-44-60-26-10-11-32-71(60)73/h5-58H,3-4H2,1-2H3. The smallest absolute Gasteiger partial charge is 0.0762 e. The Labute approximate surface area is 630 Å². The van der Waals surface area contributed by atoms with E-state index in [1.807, 2.05) is 0 Å². The van der Waals surface area contributed by atoms with Crippen molar-refractivity contribution in [1.29, 1.82) is 0 Å². The van der Waals surface area contributed by atoms with Crippen LogP contribution in [0, 0.1) is 0 Å². The van der Waals surface area contributed by atoms with E-state index < -0.39 is 0 Å². The summed E-state index contributed by atoms with van der Waals surface area (Å²) in [6.45, 7) is 4.63. The van der Waals surface area contributed by atoms with Crippen molar-refractivity contribution in [2.75, 3.05) is 0 Å². The molecule has 8 aromatic heterocycles. The average molecular weight is 1400 g/mol. The first-order valence-electron chi connectivity index (χ1n) is 38.6. The molecule has 510 valence electrons. The third-order valence-electron chi connectivity index (χ3n) is 24.8. The van der Waals surface area contributed by atoms with Gasteiger partial charge in [0.1, 0.15) is 0 Å². The van der Waals surface area contributed by atoms with Crippen molar-refractivity contribution in [3.63, 3.8) is 0 Å². The number of nitrogens with zero attached hydrogens (tertiary/aromatic N) is 6. The van der Waals surface area contributed by atoms with Crippen molar-refractivity contribution in [3.8, 4) is 56.1 Å². The number of hydrogen-bond acceptors (Lipinski definition) is 2. The molecule has 25 aromatic rings. The van der Waals surface area contributed by atoms with Crippen LogP contribution in [0.15, 0.2) is 328 Å². The first kappa shape index (κ1) is 60.0. The second-order valence-electron chi connectivity index (χ2n) is 30.3. The van der Waals surface area contributed by atoms with E-state index in [2.05, 4.69) is 359 Å². The molecule has 0 spiro atoms. The van der Waals surface area contributed by atoms with E-state index in [0.717, 1.165) is 79.5 Å². The minimum Gasteiger partial charge on any atom is -0.308 e. The van der Waals surface area contributed by atoms with Crippen LogP contribution in [0.25, 0.3) is 241 Å². The van der Waals surface area contributed by atoms with Gasteiger partial charge in [0.25, 0.3) is 0 Å². The molecule has 0 atom stereocenters. The molecule has 0 amide bonds. The fraction of sp³-hybridized carbons (Fsp3) is 0.0385. The Bertz CT molecular complexity index is 8370. The summed E-state index contributed by atoms with van der Waals surface area (Å²) in [7, 11) is 0. The fourth-order valence-electron chi connectivity index (χ4n) is 20.2. The summed E-state index contributed by atoms with van der Waals surface area (Å²) in [5.74, 6) is 0. The van der Waals surface area contributed by atoms with Crippen LogP contribution in [0.2, 0.25) is 0 Å². The van der Waals surface area contributed by atoms with Crippen molar-refractivity contribution < 1.29 is 0 Å². The maximum Gasteiger partial charge on any atom is 0.0762 e. The van der Waals surface area contributed by atoms with Gasteiger partial charge in [0.15, 0.2) is 0 Å². The monoisotopic (exact) mass is 1400 g/mol. The number of para-hydroxylation sites is 5. The molecule has 0 radical (unpaired) electrons. The molecule has 6 nitrogen and oxygen atoms in total. The van der Waals surface area contributed by atoms with Crippen LogP contribution in [0.5, 0.6) is 0 Å². The molecule has 0 fully saturated rings. The van der Waals surface area contributed by atoms with Gasteiger partial charge in [-0.1, -0.05) is 257 Å². The topological polar surface area (TPSA) is 44.5 Å². The normalized spacial score (nSPS) is 12.5. The summed E-state index contributed by atoms with van der Waals surface area (Å²) in [6.07, 6.45) is 1.51. The third kappa shape index (κ3) is 8.00. The van der Waals surface area contributed by atoms with Gasteiger partial charge >= 0.3 is 0 Å². The number of fused-ring (bicyclic) bond motifs is 27. The Morgan fingerprint density at radius 3 is 1.32 bits per heavy atom. The van der Waals surface area contributed by atoms with Gasteiger partial charge in [-0.25, -0.2) is 9.97 Å².